The highest BCUT2D eigenvalue weighted by molar-refractivity contribution is 7.07. The number of amides is 1. The van der Waals surface area contributed by atoms with Crippen LogP contribution in [0.1, 0.15) is 33.3 Å². The van der Waals surface area contributed by atoms with Crippen LogP contribution in [0.2, 0.25) is 0 Å². The maximum atomic E-state index is 11.5. The van der Waals surface area contributed by atoms with E-state index in [0.717, 1.165) is 12.5 Å². The molecule has 124 valence electrons. The average Bonchev–Trinajstić information content (AvgIpc) is 2.92. The lowest BCUT2D eigenvalue weighted by atomic mass is 10.2. The summed E-state index contributed by atoms with van der Waals surface area (Å²) in [4.78, 5) is 16.0. The van der Waals surface area contributed by atoms with Crippen LogP contribution in [0.15, 0.2) is 21.8 Å². The second kappa shape index (κ2) is 9.30. The fourth-order valence-electron chi connectivity index (χ4n) is 1.55. The molecule has 0 bridgehead atoms. The van der Waals surface area contributed by atoms with E-state index >= 15 is 0 Å². The van der Waals surface area contributed by atoms with Gasteiger partial charge in [-0.1, -0.05) is 0 Å². The summed E-state index contributed by atoms with van der Waals surface area (Å²) in [5.41, 5.74) is 0.711. The Kier molecular flexibility index (Phi) is 7.73. The fraction of sp³-hybridized carbons (Fsp3) is 0.600. The Labute approximate surface area is 136 Å². The monoisotopic (exact) mass is 326 g/mol. The van der Waals surface area contributed by atoms with Gasteiger partial charge in [-0.2, -0.15) is 11.3 Å². The molecule has 0 aliphatic rings. The molecule has 0 aliphatic carbocycles. The zero-order chi connectivity index (χ0) is 16.4. The van der Waals surface area contributed by atoms with Gasteiger partial charge in [0.15, 0.2) is 5.96 Å². The fourth-order valence-corrected chi connectivity index (χ4v) is 2.21. The Morgan fingerprint density at radius 3 is 2.59 bits per heavy atom. The lowest BCUT2D eigenvalue weighted by Crippen LogP contribution is -2.42. The maximum Gasteiger partial charge on any atom is 0.407 e. The van der Waals surface area contributed by atoms with Crippen LogP contribution in [0.25, 0.3) is 0 Å². The van der Waals surface area contributed by atoms with Crippen molar-refractivity contribution in [3.8, 4) is 0 Å². The van der Waals surface area contributed by atoms with Gasteiger partial charge in [0.25, 0.3) is 0 Å². The minimum absolute atomic E-state index is 0.408. The van der Waals surface area contributed by atoms with Gasteiger partial charge in [-0.25, -0.2) is 9.79 Å². The van der Waals surface area contributed by atoms with Crippen molar-refractivity contribution >= 4 is 23.4 Å². The first-order chi connectivity index (χ1) is 10.4. The molecule has 0 aromatic carbocycles. The molecule has 1 aromatic heterocycles. The molecule has 1 rings (SSSR count). The zero-order valence-electron chi connectivity index (χ0n) is 13.7. The van der Waals surface area contributed by atoms with E-state index < -0.39 is 11.7 Å². The van der Waals surface area contributed by atoms with E-state index in [1.165, 1.54) is 5.56 Å². The van der Waals surface area contributed by atoms with Crippen molar-refractivity contribution in [2.45, 2.75) is 39.8 Å². The molecule has 0 spiro atoms. The van der Waals surface area contributed by atoms with Crippen molar-refractivity contribution in [1.82, 2.24) is 16.0 Å². The van der Waals surface area contributed by atoms with Gasteiger partial charge in [-0.05, 0) is 50.1 Å². The quantitative estimate of drug-likeness (QED) is 0.426. The maximum absolute atomic E-state index is 11.5. The number of hydrogen-bond donors (Lipinski definition) is 3. The summed E-state index contributed by atoms with van der Waals surface area (Å²) in [6, 6.07) is 2.06. The number of carbonyl (C=O) groups excluding carboxylic acids is 1. The van der Waals surface area contributed by atoms with Crippen molar-refractivity contribution in [3.63, 3.8) is 0 Å². The van der Waals surface area contributed by atoms with Crippen LogP contribution >= 0.6 is 11.3 Å². The first-order valence-corrected chi connectivity index (χ1v) is 8.35. The van der Waals surface area contributed by atoms with Crippen LogP contribution in [-0.2, 0) is 11.3 Å². The van der Waals surface area contributed by atoms with E-state index in [4.69, 9.17) is 4.74 Å². The number of nitrogens with one attached hydrogen (secondary N) is 3. The van der Waals surface area contributed by atoms with Gasteiger partial charge in [0.05, 0.1) is 6.54 Å². The third-order valence-corrected chi connectivity index (χ3v) is 3.16. The standard InChI is InChI=1S/C15H26N4O2S/c1-5-16-13(19-10-12-6-9-22-11-12)17-7-8-18-14(20)21-15(2,3)4/h6,9,11H,5,7-8,10H2,1-4H3,(H,18,20)(H2,16,17,19). The smallest absolute Gasteiger partial charge is 0.407 e. The number of ether oxygens (including phenoxy) is 1. The van der Waals surface area contributed by atoms with Crippen molar-refractivity contribution in [1.29, 1.82) is 0 Å². The molecule has 1 aromatic rings. The summed E-state index contributed by atoms with van der Waals surface area (Å²) in [6.45, 7) is 10.0. The van der Waals surface area contributed by atoms with E-state index in [9.17, 15) is 4.79 Å². The van der Waals surface area contributed by atoms with Gasteiger partial charge in [0.1, 0.15) is 5.60 Å². The largest absolute Gasteiger partial charge is 0.444 e. The minimum atomic E-state index is -0.478. The third kappa shape index (κ3) is 8.51. The molecular weight excluding hydrogens is 300 g/mol. The predicted octanol–water partition coefficient (Wildman–Crippen LogP) is 2.33. The molecule has 0 atom stereocenters. The van der Waals surface area contributed by atoms with Gasteiger partial charge in [-0.3, -0.25) is 0 Å². The summed E-state index contributed by atoms with van der Waals surface area (Å²) < 4.78 is 5.17. The molecule has 0 aliphatic heterocycles. The summed E-state index contributed by atoms with van der Waals surface area (Å²) in [7, 11) is 0. The van der Waals surface area contributed by atoms with E-state index in [1.807, 2.05) is 33.1 Å². The predicted molar refractivity (Wildman–Crippen MR) is 91.4 cm³/mol. The van der Waals surface area contributed by atoms with Crippen molar-refractivity contribution < 1.29 is 9.53 Å². The van der Waals surface area contributed by atoms with Crippen molar-refractivity contribution in [2.75, 3.05) is 19.6 Å². The Balaban J connectivity index is 2.29. The van der Waals surface area contributed by atoms with Gasteiger partial charge in [0, 0.05) is 19.6 Å². The topological polar surface area (TPSA) is 74.8 Å². The Morgan fingerprint density at radius 2 is 2.00 bits per heavy atom. The molecule has 1 amide bonds. The number of thiophene rings is 1. The van der Waals surface area contributed by atoms with Crippen LogP contribution in [0.4, 0.5) is 4.79 Å². The summed E-state index contributed by atoms with van der Waals surface area (Å²) in [5.74, 6) is 0.736. The minimum Gasteiger partial charge on any atom is -0.444 e. The first-order valence-electron chi connectivity index (χ1n) is 7.41. The lowest BCUT2D eigenvalue weighted by molar-refractivity contribution is 0.0529. The van der Waals surface area contributed by atoms with Crippen LogP contribution < -0.4 is 16.0 Å². The molecular formula is C15H26N4O2S. The summed E-state index contributed by atoms with van der Waals surface area (Å²) in [5, 5.41) is 13.2. The second-order valence-electron chi connectivity index (χ2n) is 5.68. The molecule has 6 nitrogen and oxygen atoms in total. The molecule has 0 saturated heterocycles. The van der Waals surface area contributed by atoms with Crippen LogP contribution in [0.5, 0.6) is 0 Å². The van der Waals surface area contributed by atoms with E-state index in [0.29, 0.717) is 19.6 Å². The molecule has 3 N–H and O–H groups in total. The summed E-state index contributed by atoms with van der Waals surface area (Å²) in [6.07, 6.45) is -0.408. The first kappa shape index (κ1) is 18.3. The van der Waals surface area contributed by atoms with Crippen molar-refractivity contribution in [3.05, 3.63) is 22.4 Å². The molecule has 0 fully saturated rings. The molecule has 22 heavy (non-hydrogen) atoms. The number of alkyl carbamates (subject to hydrolysis) is 1. The van der Waals surface area contributed by atoms with Crippen LogP contribution in [0.3, 0.4) is 0 Å². The number of aliphatic imine (C=N–C) groups is 1. The van der Waals surface area contributed by atoms with E-state index in [2.05, 4.69) is 32.4 Å². The lowest BCUT2D eigenvalue weighted by Gasteiger charge is -2.19. The van der Waals surface area contributed by atoms with Crippen LogP contribution in [0, 0.1) is 0 Å². The normalized spacial score (nSPS) is 11.9. The Bertz CT molecular complexity index is 466. The molecule has 1 heterocycles. The number of hydrogen-bond acceptors (Lipinski definition) is 4. The zero-order valence-corrected chi connectivity index (χ0v) is 14.5. The van der Waals surface area contributed by atoms with Crippen LogP contribution in [-0.4, -0.2) is 37.3 Å². The average molecular weight is 326 g/mol. The summed E-state index contributed by atoms with van der Waals surface area (Å²) >= 11 is 1.66. The Morgan fingerprint density at radius 1 is 1.27 bits per heavy atom. The molecule has 0 saturated carbocycles. The molecule has 7 heteroatoms. The van der Waals surface area contributed by atoms with E-state index in [-0.39, 0.29) is 0 Å². The SMILES string of the molecule is CCNC(=NCc1ccsc1)NCCNC(=O)OC(C)(C)C. The Hall–Kier alpha value is -1.76. The second-order valence-corrected chi connectivity index (χ2v) is 6.46. The molecule has 0 radical (unpaired) electrons. The number of guanidine groups is 1. The van der Waals surface area contributed by atoms with Gasteiger partial charge in [-0.15, -0.1) is 0 Å². The highest BCUT2D eigenvalue weighted by Gasteiger charge is 2.15. The third-order valence-electron chi connectivity index (χ3n) is 2.43. The number of rotatable bonds is 6. The van der Waals surface area contributed by atoms with E-state index in [1.54, 1.807) is 11.3 Å². The van der Waals surface area contributed by atoms with Gasteiger partial charge < -0.3 is 20.7 Å². The van der Waals surface area contributed by atoms with Gasteiger partial charge >= 0.3 is 6.09 Å². The molecule has 0 unspecified atom stereocenters. The van der Waals surface area contributed by atoms with Gasteiger partial charge in [0.2, 0.25) is 0 Å². The highest BCUT2D eigenvalue weighted by Crippen LogP contribution is 2.07. The van der Waals surface area contributed by atoms with Crippen molar-refractivity contribution in [2.24, 2.45) is 4.99 Å². The highest BCUT2D eigenvalue weighted by atomic mass is 32.1. The number of nitrogens with zero attached hydrogens (tertiary/aromatic N) is 1. The number of carbonyl (C=O) groups is 1.